The van der Waals surface area contributed by atoms with Crippen LogP contribution >= 0.6 is 0 Å². The second-order valence-electron chi connectivity index (χ2n) is 8.38. The first-order valence-corrected chi connectivity index (χ1v) is 13.1. The number of primary amides is 1. The molecule has 1 aromatic carbocycles. The Kier molecular flexibility index (Phi) is 12.9. The van der Waals surface area contributed by atoms with Crippen LogP contribution in [0.15, 0.2) is 30.3 Å². The van der Waals surface area contributed by atoms with Gasteiger partial charge < -0.3 is 5.73 Å². The highest BCUT2D eigenvalue weighted by atomic mass is 32.2. The number of amides is 1. The quantitative estimate of drug-likeness (QED) is 0.212. The zero-order valence-electron chi connectivity index (χ0n) is 18.7. The molecular weight excluding hydrogens is 398 g/mol. The third kappa shape index (κ3) is 8.76. The monoisotopic (exact) mass is 439 g/mol. The van der Waals surface area contributed by atoms with Crippen molar-refractivity contribution < 1.29 is 17.8 Å². The van der Waals surface area contributed by atoms with Crippen molar-refractivity contribution in [3.8, 4) is 0 Å². The van der Waals surface area contributed by atoms with Crippen LogP contribution in [0.5, 0.6) is 0 Å². The Morgan fingerprint density at radius 3 is 1.57 bits per heavy atom. The predicted octanol–water partition coefficient (Wildman–Crippen LogP) is 6.13. The van der Waals surface area contributed by atoms with Gasteiger partial charge in [-0.15, -0.1) is 0 Å². The van der Waals surface area contributed by atoms with Crippen LogP contribution in [0.25, 0.3) is 0 Å². The summed E-state index contributed by atoms with van der Waals surface area (Å²) in [6, 6.07) is 8.07. The number of unbranched alkanes of at least 4 members (excludes halogenated alkanes) is 13. The fourth-order valence-electron chi connectivity index (χ4n) is 4.09. The summed E-state index contributed by atoms with van der Waals surface area (Å²) < 4.78 is 32.0. The maximum atomic E-state index is 12.1. The van der Waals surface area contributed by atoms with E-state index in [1.807, 2.05) is 0 Å². The van der Waals surface area contributed by atoms with Gasteiger partial charge in [-0.25, -0.2) is 0 Å². The minimum atomic E-state index is -4.67. The summed E-state index contributed by atoms with van der Waals surface area (Å²) in [4.78, 5) is 12.1. The molecule has 1 rings (SSSR count). The highest BCUT2D eigenvalue weighted by Gasteiger charge is 2.49. The zero-order chi connectivity index (χ0) is 22.3. The summed E-state index contributed by atoms with van der Waals surface area (Å²) in [5, 5.41) is 0. The molecule has 0 aliphatic heterocycles. The highest BCUT2D eigenvalue weighted by molar-refractivity contribution is 7.87. The molecule has 1 aromatic rings. The molecule has 0 aromatic heterocycles. The Bertz CT molecular complexity index is 690. The minimum Gasteiger partial charge on any atom is -0.368 e. The van der Waals surface area contributed by atoms with Crippen LogP contribution in [0.3, 0.4) is 0 Å². The second-order valence-corrected chi connectivity index (χ2v) is 10.0. The van der Waals surface area contributed by atoms with Crippen LogP contribution in [0.4, 0.5) is 0 Å². The minimum absolute atomic E-state index is 0.00319. The molecule has 30 heavy (non-hydrogen) atoms. The van der Waals surface area contributed by atoms with E-state index >= 15 is 0 Å². The van der Waals surface area contributed by atoms with E-state index in [9.17, 15) is 17.8 Å². The molecule has 172 valence electrons. The molecule has 0 aliphatic rings. The van der Waals surface area contributed by atoms with Crippen molar-refractivity contribution in [2.75, 3.05) is 0 Å². The van der Waals surface area contributed by atoms with Crippen molar-refractivity contribution in [1.82, 2.24) is 0 Å². The number of benzene rings is 1. The predicted molar refractivity (Wildman–Crippen MR) is 124 cm³/mol. The molecule has 0 aliphatic carbocycles. The third-order valence-electron chi connectivity index (χ3n) is 5.96. The lowest BCUT2D eigenvalue weighted by Gasteiger charge is -2.27. The van der Waals surface area contributed by atoms with Gasteiger partial charge in [0.15, 0.2) is 4.75 Å². The Labute approximate surface area is 183 Å². The van der Waals surface area contributed by atoms with E-state index in [4.69, 9.17) is 5.73 Å². The lowest BCUT2D eigenvalue weighted by Crippen LogP contribution is -2.47. The van der Waals surface area contributed by atoms with Gasteiger partial charge in [-0.1, -0.05) is 127 Å². The topological polar surface area (TPSA) is 97.5 Å². The maximum Gasteiger partial charge on any atom is 0.284 e. The highest BCUT2D eigenvalue weighted by Crippen LogP contribution is 2.35. The summed E-state index contributed by atoms with van der Waals surface area (Å²) >= 11 is 0. The molecule has 0 radical (unpaired) electrons. The van der Waals surface area contributed by atoms with Gasteiger partial charge in [-0.2, -0.15) is 8.42 Å². The van der Waals surface area contributed by atoms with Crippen molar-refractivity contribution in [2.24, 2.45) is 5.73 Å². The third-order valence-corrected chi connectivity index (χ3v) is 7.48. The van der Waals surface area contributed by atoms with Crippen molar-refractivity contribution >= 4 is 16.0 Å². The van der Waals surface area contributed by atoms with E-state index in [1.165, 1.54) is 76.3 Å². The molecule has 0 heterocycles. The van der Waals surface area contributed by atoms with Crippen LogP contribution in [-0.4, -0.2) is 18.9 Å². The first kappa shape index (κ1) is 26.6. The Morgan fingerprint density at radius 2 is 1.20 bits per heavy atom. The lowest BCUT2D eigenvalue weighted by molar-refractivity contribution is -0.121. The standard InChI is InChI=1S/C24H41NO4S/c1-2-3-4-5-6-7-8-9-10-11-12-13-14-18-21-24(23(25)26,30(27,28)29)22-19-16-15-17-20-22/h15-17,19-20H,2-14,18,21H2,1H3,(H2,25,26)(H,27,28,29). The molecule has 6 heteroatoms. The van der Waals surface area contributed by atoms with Crippen LogP contribution in [-0.2, 0) is 19.7 Å². The molecule has 0 fully saturated rings. The normalized spacial score (nSPS) is 13.8. The van der Waals surface area contributed by atoms with Gasteiger partial charge in [0.05, 0.1) is 0 Å². The summed E-state index contributed by atoms with van der Waals surface area (Å²) in [7, 11) is -4.67. The first-order chi connectivity index (χ1) is 14.4. The molecule has 1 atom stereocenters. The van der Waals surface area contributed by atoms with E-state index in [-0.39, 0.29) is 12.0 Å². The summed E-state index contributed by atoms with van der Waals surface area (Å²) in [5.41, 5.74) is 5.70. The molecule has 0 saturated heterocycles. The van der Waals surface area contributed by atoms with Crippen LogP contribution in [0.1, 0.15) is 109 Å². The largest absolute Gasteiger partial charge is 0.368 e. The Balaban J connectivity index is 2.28. The molecule has 0 spiro atoms. The number of hydrogen-bond acceptors (Lipinski definition) is 3. The van der Waals surface area contributed by atoms with Crippen molar-refractivity contribution in [3.05, 3.63) is 35.9 Å². The van der Waals surface area contributed by atoms with Gasteiger partial charge in [0, 0.05) is 0 Å². The number of hydrogen-bond donors (Lipinski definition) is 2. The summed E-state index contributed by atoms with van der Waals surface area (Å²) in [6.45, 7) is 2.24. The van der Waals surface area contributed by atoms with Gasteiger partial charge >= 0.3 is 0 Å². The van der Waals surface area contributed by atoms with Crippen molar-refractivity contribution in [1.29, 1.82) is 0 Å². The van der Waals surface area contributed by atoms with Gasteiger partial charge in [-0.05, 0) is 12.0 Å². The molecule has 3 N–H and O–H groups in total. The maximum absolute atomic E-state index is 12.1. The molecule has 5 nitrogen and oxygen atoms in total. The molecule has 0 saturated carbocycles. The van der Waals surface area contributed by atoms with E-state index in [0.717, 1.165) is 19.3 Å². The Morgan fingerprint density at radius 1 is 0.800 bits per heavy atom. The van der Waals surface area contributed by atoms with Crippen LogP contribution in [0.2, 0.25) is 0 Å². The summed E-state index contributed by atoms with van der Waals surface area (Å²) in [6.07, 6.45) is 16.6. The number of nitrogens with two attached hydrogens (primary N) is 1. The number of carbonyl (C=O) groups is 1. The van der Waals surface area contributed by atoms with Crippen LogP contribution in [0, 0.1) is 0 Å². The van der Waals surface area contributed by atoms with E-state index in [1.54, 1.807) is 18.2 Å². The zero-order valence-corrected chi connectivity index (χ0v) is 19.5. The van der Waals surface area contributed by atoms with Gasteiger partial charge in [0.25, 0.3) is 10.1 Å². The SMILES string of the molecule is CCCCCCCCCCCCCCCCC(C(N)=O)(c1ccccc1)S(=O)(=O)O. The smallest absolute Gasteiger partial charge is 0.284 e. The van der Waals surface area contributed by atoms with Crippen LogP contribution < -0.4 is 5.73 Å². The Hall–Kier alpha value is -1.40. The lowest BCUT2D eigenvalue weighted by atomic mass is 9.91. The van der Waals surface area contributed by atoms with E-state index in [2.05, 4.69) is 6.92 Å². The van der Waals surface area contributed by atoms with Gasteiger partial charge in [0.1, 0.15) is 0 Å². The van der Waals surface area contributed by atoms with Gasteiger partial charge in [-0.3, -0.25) is 9.35 Å². The molecular formula is C24H41NO4S. The van der Waals surface area contributed by atoms with Gasteiger partial charge in [0.2, 0.25) is 5.91 Å². The van der Waals surface area contributed by atoms with Crippen molar-refractivity contribution in [2.45, 2.75) is 108 Å². The second kappa shape index (κ2) is 14.6. The fraction of sp³-hybridized carbons (Fsp3) is 0.708. The van der Waals surface area contributed by atoms with E-state index in [0.29, 0.717) is 6.42 Å². The average Bonchev–Trinajstić information content (AvgIpc) is 2.70. The van der Waals surface area contributed by atoms with Crippen molar-refractivity contribution in [3.63, 3.8) is 0 Å². The summed E-state index contributed by atoms with van der Waals surface area (Å²) in [5.74, 6) is -1.02. The fourth-order valence-corrected chi connectivity index (χ4v) is 5.18. The first-order valence-electron chi connectivity index (χ1n) is 11.7. The molecule has 1 amide bonds. The molecule has 1 unspecified atom stereocenters. The number of carbonyl (C=O) groups excluding carboxylic acids is 1. The average molecular weight is 440 g/mol. The van der Waals surface area contributed by atoms with E-state index < -0.39 is 20.8 Å². The molecule has 0 bridgehead atoms. The number of rotatable bonds is 18.